The van der Waals surface area contributed by atoms with Crippen LogP contribution in [0.2, 0.25) is 0 Å². The van der Waals surface area contributed by atoms with Gasteiger partial charge in [0, 0.05) is 13.0 Å². The van der Waals surface area contributed by atoms with Crippen molar-refractivity contribution in [2.24, 2.45) is 0 Å². The number of Topliss-reactive ketones (excluding diaryl/α,β-unsaturated/α-hetero) is 1. The van der Waals surface area contributed by atoms with Gasteiger partial charge in [-0.05, 0) is 39.5 Å². The molecule has 0 radical (unpaired) electrons. The molecular weight excluding hydrogens is 416 g/mol. The predicted molar refractivity (Wildman–Crippen MR) is 114 cm³/mol. The molecule has 3 N–H and O–H groups in total. The number of unbranched alkanes of at least 4 members (excludes halogenated alkanes) is 3. The first-order valence-corrected chi connectivity index (χ1v) is 11.6. The molecule has 0 aliphatic carbocycles. The molecule has 3 rings (SSSR count). The second-order valence-corrected chi connectivity index (χ2v) is 8.95. The van der Waals surface area contributed by atoms with Crippen LogP contribution in [0.1, 0.15) is 65.2 Å². The minimum atomic E-state index is -0.832. The number of carbonyl (C=O) groups excluding carboxylic acids is 5. The van der Waals surface area contributed by atoms with Gasteiger partial charge in [-0.25, -0.2) is 0 Å². The van der Waals surface area contributed by atoms with Crippen LogP contribution in [0.15, 0.2) is 0 Å². The zero-order valence-electron chi connectivity index (χ0n) is 18.9. The summed E-state index contributed by atoms with van der Waals surface area (Å²) in [7, 11) is 0. The molecule has 0 saturated carbocycles. The summed E-state index contributed by atoms with van der Waals surface area (Å²) in [5.41, 5.74) is 0. The fourth-order valence-corrected chi connectivity index (χ4v) is 4.23. The molecule has 0 unspecified atom stereocenters. The van der Waals surface area contributed by atoms with Crippen LogP contribution in [-0.2, 0) is 28.7 Å². The first kappa shape index (κ1) is 24.2. The van der Waals surface area contributed by atoms with Crippen molar-refractivity contribution >= 4 is 29.4 Å². The number of rotatable bonds is 8. The predicted octanol–water partition coefficient (Wildman–Crippen LogP) is -0.206. The normalized spacial score (nSPS) is 31.1. The Bertz CT molecular complexity index is 753. The van der Waals surface area contributed by atoms with Crippen LogP contribution in [0.5, 0.6) is 0 Å². The maximum Gasteiger partial charge on any atom is 0.245 e. The van der Waals surface area contributed by atoms with Gasteiger partial charge in [0.1, 0.15) is 30.3 Å². The first-order valence-electron chi connectivity index (χ1n) is 11.6. The fraction of sp³-hybridized carbons (Fsp3) is 0.773. The summed E-state index contributed by atoms with van der Waals surface area (Å²) in [4.78, 5) is 64.1. The Morgan fingerprint density at radius 2 is 1.56 bits per heavy atom. The molecule has 0 aromatic heterocycles. The topological polar surface area (TPSA) is 137 Å². The Labute approximate surface area is 188 Å². The lowest BCUT2D eigenvalue weighted by Gasteiger charge is -2.31. The minimum Gasteiger partial charge on any atom is -0.365 e. The number of ether oxygens (including phenoxy) is 1. The Balaban J connectivity index is 1.60. The highest BCUT2D eigenvalue weighted by Crippen LogP contribution is 2.21. The number of carbonyl (C=O) groups is 5. The SMILES string of the molecule is C[C@@H]1NC(=O)[C@H]2CCCN2C(=O)[C@H](CCCCCCC(=O)[C@@H]2CO2)NC(=O)[C@@H](C)NC1=O. The third kappa shape index (κ3) is 6.27. The van der Waals surface area contributed by atoms with Crippen molar-refractivity contribution in [2.75, 3.05) is 13.2 Å². The van der Waals surface area contributed by atoms with Crippen LogP contribution in [0.3, 0.4) is 0 Å². The van der Waals surface area contributed by atoms with E-state index < -0.39 is 36.0 Å². The molecule has 3 fully saturated rings. The summed E-state index contributed by atoms with van der Waals surface area (Å²) < 4.78 is 4.98. The van der Waals surface area contributed by atoms with Gasteiger partial charge in [-0.1, -0.05) is 19.3 Å². The van der Waals surface area contributed by atoms with E-state index in [9.17, 15) is 24.0 Å². The van der Waals surface area contributed by atoms with E-state index in [1.165, 1.54) is 4.90 Å². The summed E-state index contributed by atoms with van der Waals surface area (Å²) in [6, 6.07) is -3.02. The quantitative estimate of drug-likeness (QED) is 0.346. The Kier molecular flexibility index (Phi) is 8.22. The number of hydrogen-bond donors (Lipinski definition) is 3. The molecule has 10 heteroatoms. The molecule has 0 aromatic carbocycles. The first-order chi connectivity index (χ1) is 15.3. The second kappa shape index (κ2) is 10.9. The van der Waals surface area contributed by atoms with Crippen LogP contribution in [0.25, 0.3) is 0 Å². The monoisotopic (exact) mass is 450 g/mol. The molecule has 3 aliphatic heterocycles. The largest absolute Gasteiger partial charge is 0.365 e. The van der Waals surface area contributed by atoms with Crippen molar-refractivity contribution in [3.63, 3.8) is 0 Å². The number of nitrogens with one attached hydrogen (secondary N) is 3. The molecule has 0 spiro atoms. The van der Waals surface area contributed by atoms with Crippen LogP contribution >= 0.6 is 0 Å². The minimum absolute atomic E-state index is 0.149. The molecule has 10 nitrogen and oxygen atoms in total. The molecule has 0 bridgehead atoms. The molecule has 178 valence electrons. The summed E-state index contributed by atoms with van der Waals surface area (Å²) in [5.74, 6) is -1.33. The van der Waals surface area contributed by atoms with Crippen molar-refractivity contribution < 1.29 is 28.7 Å². The lowest BCUT2D eigenvalue weighted by molar-refractivity contribution is -0.143. The van der Waals surface area contributed by atoms with Crippen molar-refractivity contribution in [3.05, 3.63) is 0 Å². The number of ketones is 1. The molecule has 32 heavy (non-hydrogen) atoms. The van der Waals surface area contributed by atoms with Crippen LogP contribution < -0.4 is 16.0 Å². The molecular formula is C22H34N4O6. The maximum absolute atomic E-state index is 13.3. The summed E-state index contributed by atoms with van der Waals surface area (Å²) in [5, 5.41) is 8.04. The zero-order valence-corrected chi connectivity index (χ0v) is 18.9. The number of epoxide rings is 1. The van der Waals surface area contributed by atoms with Gasteiger partial charge in [0.15, 0.2) is 5.78 Å². The van der Waals surface area contributed by atoms with E-state index in [2.05, 4.69) is 16.0 Å². The van der Waals surface area contributed by atoms with Crippen molar-refractivity contribution in [3.8, 4) is 0 Å². The highest BCUT2D eigenvalue weighted by molar-refractivity contribution is 5.97. The number of fused-ring (bicyclic) bond motifs is 1. The highest BCUT2D eigenvalue weighted by atomic mass is 16.6. The van der Waals surface area contributed by atoms with Gasteiger partial charge in [-0.2, -0.15) is 0 Å². The lowest BCUT2D eigenvalue weighted by Crippen LogP contribution is -2.60. The van der Waals surface area contributed by atoms with Gasteiger partial charge in [0.25, 0.3) is 0 Å². The van der Waals surface area contributed by atoms with E-state index in [1.54, 1.807) is 13.8 Å². The van der Waals surface area contributed by atoms with E-state index in [4.69, 9.17) is 4.74 Å². The smallest absolute Gasteiger partial charge is 0.245 e. The van der Waals surface area contributed by atoms with E-state index in [0.717, 1.165) is 19.3 Å². The van der Waals surface area contributed by atoms with Gasteiger partial charge in [0.2, 0.25) is 23.6 Å². The highest BCUT2D eigenvalue weighted by Gasteiger charge is 2.39. The summed E-state index contributed by atoms with van der Waals surface area (Å²) >= 11 is 0. The molecule has 3 aliphatic rings. The Hall–Kier alpha value is -2.49. The Morgan fingerprint density at radius 1 is 0.938 bits per heavy atom. The van der Waals surface area contributed by atoms with Crippen LogP contribution in [0, 0.1) is 0 Å². The number of nitrogens with zero attached hydrogens (tertiary/aromatic N) is 1. The summed E-state index contributed by atoms with van der Waals surface area (Å²) in [6.45, 7) is 4.09. The second-order valence-electron chi connectivity index (χ2n) is 8.95. The standard InChI is InChI=1S/C22H34N4O6/c1-13-19(28)23-14(2)20(29)25-15(8-5-3-4-6-10-17(27)18-12-32-18)22(31)26-11-7-9-16(26)21(30)24-13/h13-16,18H,3-12H2,1-2H3,(H,23,28)(H,24,30)(H,25,29)/t13-,14+,15-,16+,18-/m0/s1. The van der Waals surface area contributed by atoms with Gasteiger partial charge < -0.3 is 25.6 Å². The molecule has 3 heterocycles. The Morgan fingerprint density at radius 3 is 2.25 bits per heavy atom. The number of amides is 4. The van der Waals surface area contributed by atoms with Gasteiger partial charge in [-0.15, -0.1) is 0 Å². The van der Waals surface area contributed by atoms with Gasteiger partial charge in [0.05, 0.1) is 6.61 Å². The fourth-order valence-electron chi connectivity index (χ4n) is 4.23. The van der Waals surface area contributed by atoms with Crippen molar-refractivity contribution in [2.45, 2.75) is 95.5 Å². The van der Waals surface area contributed by atoms with E-state index >= 15 is 0 Å². The van der Waals surface area contributed by atoms with Crippen LogP contribution in [-0.4, -0.2) is 77.7 Å². The molecule has 5 atom stereocenters. The molecule has 4 amide bonds. The van der Waals surface area contributed by atoms with E-state index in [0.29, 0.717) is 45.3 Å². The van der Waals surface area contributed by atoms with Gasteiger partial charge in [-0.3, -0.25) is 24.0 Å². The van der Waals surface area contributed by atoms with Crippen molar-refractivity contribution in [1.82, 2.24) is 20.9 Å². The van der Waals surface area contributed by atoms with E-state index in [1.807, 2.05) is 0 Å². The third-order valence-electron chi connectivity index (χ3n) is 6.32. The average molecular weight is 451 g/mol. The third-order valence-corrected chi connectivity index (χ3v) is 6.32. The lowest BCUT2D eigenvalue weighted by atomic mass is 10.0. The van der Waals surface area contributed by atoms with E-state index in [-0.39, 0.29) is 23.7 Å². The zero-order chi connectivity index (χ0) is 23.3. The summed E-state index contributed by atoms with van der Waals surface area (Å²) in [6.07, 6.45) is 5.12. The molecule has 0 aromatic rings. The van der Waals surface area contributed by atoms with Gasteiger partial charge >= 0.3 is 0 Å². The maximum atomic E-state index is 13.3. The van der Waals surface area contributed by atoms with Crippen molar-refractivity contribution in [1.29, 1.82) is 0 Å². The average Bonchev–Trinajstić information content (AvgIpc) is 3.49. The molecule has 3 saturated heterocycles. The number of hydrogen-bond acceptors (Lipinski definition) is 6. The van der Waals surface area contributed by atoms with Crippen LogP contribution in [0.4, 0.5) is 0 Å².